The Morgan fingerprint density at radius 1 is 1.56 bits per heavy atom. The molecule has 52 valence electrons. The summed E-state index contributed by atoms with van der Waals surface area (Å²) in [6.45, 7) is 3.83. The monoisotopic (exact) mass is 128 g/mol. The highest BCUT2D eigenvalue weighted by Gasteiger charge is 1.82. The Bertz CT molecular complexity index is 112. The van der Waals surface area contributed by atoms with Gasteiger partial charge in [-0.3, -0.25) is 0 Å². The largest absolute Gasteiger partial charge is 0.207 e. The Kier molecular flexibility index (Phi) is 5.18. The quantitative estimate of drug-likeness (QED) is 0.512. The molecule has 0 saturated heterocycles. The van der Waals surface area contributed by atoms with Crippen LogP contribution in [0.5, 0.6) is 0 Å². The molecule has 0 unspecified atom stereocenters. The van der Waals surface area contributed by atoms with Crippen molar-refractivity contribution in [1.29, 1.82) is 0 Å². The molecule has 0 aromatic heterocycles. The lowest BCUT2D eigenvalue weighted by molar-refractivity contribution is 0.658. The minimum Gasteiger partial charge on any atom is -0.207 e. The Hall–Kier alpha value is -0.590. The normalized spacial score (nSPS) is 13.0. The predicted molar refractivity (Wildman–Crippen MR) is 38.9 cm³/mol. The van der Waals surface area contributed by atoms with Crippen LogP contribution in [0.25, 0.3) is 0 Å². The number of hydrogen-bond donors (Lipinski definition) is 0. The zero-order valence-electron chi connectivity index (χ0n) is 6.02. The molecule has 0 bridgehead atoms. The van der Waals surface area contributed by atoms with E-state index in [0.717, 1.165) is 12.8 Å². The van der Waals surface area contributed by atoms with Crippen molar-refractivity contribution in [2.24, 2.45) is 0 Å². The Morgan fingerprint density at radius 3 is 2.67 bits per heavy atom. The highest BCUT2D eigenvalue weighted by atomic mass is 19.1. The van der Waals surface area contributed by atoms with Crippen LogP contribution >= 0.6 is 0 Å². The van der Waals surface area contributed by atoms with Gasteiger partial charge in [0.25, 0.3) is 0 Å². The van der Waals surface area contributed by atoms with Gasteiger partial charge in [0.05, 0.1) is 0 Å². The Labute approximate surface area is 56.1 Å². The topological polar surface area (TPSA) is 0 Å². The van der Waals surface area contributed by atoms with Gasteiger partial charge in [0.1, 0.15) is 5.83 Å². The van der Waals surface area contributed by atoms with Crippen LogP contribution in [-0.4, -0.2) is 0 Å². The van der Waals surface area contributed by atoms with Crippen molar-refractivity contribution in [2.45, 2.75) is 26.7 Å². The number of allylic oxidation sites excluding steroid dienone is 4. The highest BCUT2D eigenvalue weighted by Crippen LogP contribution is 2.01. The third kappa shape index (κ3) is 5.28. The van der Waals surface area contributed by atoms with Crippen LogP contribution in [0.2, 0.25) is 0 Å². The smallest absolute Gasteiger partial charge is 0.118 e. The Morgan fingerprint density at radius 2 is 2.22 bits per heavy atom. The molecule has 0 spiro atoms. The second-order valence-electron chi connectivity index (χ2n) is 1.88. The van der Waals surface area contributed by atoms with Crippen LogP contribution < -0.4 is 0 Å². The van der Waals surface area contributed by atoms with E-state index in [-0.39, 0.29) is 5.83 Å². The van der Waals surface area contributed by atoms with Gasteiger partial charge in [-0.05, 0) is 25.5 Å². The lowest BCUT2D eigenvalue weighted by Crippen LogP contribution is -1.65. The van der Waals surface area contributed by atoms with Gasteiger partial charge in [-0.2, -0.15) is 0 Å². The van der Waals surface area contributed by atoms with Gasteiger partial charge in [-0.1, -0.05) is 19.4 Å². The summed E-state index contributed by atoms with van der Waals surface area (Å²) in [4.78, 5) is 0. The summed E-state index contributed by atoms with van der Waals surface area (Å²) < 4.78 is 12.4. The van der Waals surface area contributed by atoms with Gasteiger partial charge in [0, 0.05) is 0 Å². The van der Waals surface area contributed by atoms with Crippen molar-refractivity contribution in [3.63, 3.8) is 0 Å². The summed E-state index contributed by atoms with van der Waals surface area (Å²) in [7, 11) is 0. The van der Waals surface area contributed by atoms with Crippen LogP contribution in [0.15, 0.2) is 24.1 Å². The average Bonchev–Trinajstić information content (AvgIpc) is 1.85. The van der Waals surface area contributed by atoms with Crippen molar-refractivity contribution >= 4 is 0 Å². The first kappa shape index (κ1) is 8.41. The van der Waals surface area contributed by atoms with E-state index < -0.39 is 0 Å². The third-order valence-corrected chi connectivity index (χ3v) is 0.954. The molecule has 0 aliphatic carbocycles. The Balaban J connectivity index is 3.55. The van der Waals surface area contributed by atoms with E-state index in [9.17, 15) is 4.39 Å². The van der Waals surface area contributed by atoms with Crippen molar-refractivity contribution < 1.29 is 4.39 Å². The van der Waals surface area contributed by atoms with E-state index in [1.165, 1.54) is 6.08 Å². The number of unbranched alkanes of at least 4 members (excludes halogenated alkanes) is 1. The first-order chi connectivity index (χ1) is 4.31. The molecule has 0 aliphatic heterocycles. The molecule has 0 fully saturated rings. The molecule has 0 N–H and O–H groups in total. The van der Waals surface area contributed by atoms with E-state index in [1.807, 2.05) is 6.92 Å². The first-order valence-electron chi connectivity index (χ1n) is 3.29. The van der Waals surface area contributed by atoms with Crippen LogP contribution in [0.3, 0.4) is 0 Å². The van der Waals surface area contributed by atoms with Gasteiger partial charge in [-0.25, -0.2) is 4.39 Å². The molecule has 0 nitrogen and oxygen atoms in total. The summed E-state index contributed by atoms with van der Waals surface area (Å²) in [5.74, 6) is -0.126. The van der Waals surface area contributed by atoms with E-state index in [2.05, 4.69) is 0 Å². The molecule has 0 aromatic carbocycles. The number of rotatable bonds is 3. The van der Waals surface area contributed by atoms with Gasteiger partial charge >= 0.3 is 0 Å². The minimum absolute atomic E-state index is 0.126. The second kappa shape index (κ2) is 5.54. The minimum atomic E-state index is -0.126. The van der Waals surface area contributed by atoms with E-state index in [1.54, 1.807) is 19.1 Å². The molecular formula is C8H13F. The van der Waals surface area contributed by atoms with Gasteiger partial charge in [0.15, 0.2) is 0 Å². The van der Waals surface area contributed by atoms with Crippen LogP contribution in [0, 0.1) is 0 Å². The standard InChI is InChI=1S/C8H13F/c1-3-5-7-8(9)6-4-2/h4,6-7H,3,5H2,1-2H3. The lowest BCUT2D eigenvalue weighted by atomic mass is 10.3. The summed E-state index contributed by atoms with van der Waals surface area (Å²) in [6.07, 6.45) is 6.60. The predicted octanol–water partition coefficient (Wildman–Crippen LogP) is 3.22. The molecule has 0 rings (SSSR count). The zero-order valence-corrected chi connectivity index (χ0v) is 6.02. The molecule has 0 amide bonds. The van der Waals surface area contributed by atoms with Crippen molar-refractivity contribution in [2.75, 3.05) is 0 Å². The van der Waals surface area contributed by atoms with Crippen LogP contribution in [0.4, 0.5) is 4.39 Å². The SMILES string of the molecule is CC=CC(F)=CCCC. The van der Waals surface area contributed by atoms with E-state index >= 15 is 0 Å². The maximum absolute atomic E-state index is 12.4. The van der Waals surface area contributed by atoms with Crippen LogP contribution in [0.1, 0.15) is 26.7 Å². The molecule has 0 aromatic rings. The van der Waals surface area contributed by atoms with Crippen molar-refractivity contribution in [1.82, 2.24) is 0 Å². The third-order valence-electron chi connectivity index (χ3n) is 0.954. The van der Waals surface area contributed by atoms with E-state index in [4.69, 9.17) is 0 Å². The van der Waals surface area contributed by atoms with Crippen molar-refractivity contribution in [3.8, 4) is 0 Å². The molecule has 0 aliphatic rings. The fourth-order valence-electron chi connectivity index (χ4n) is 0.509. The summed E-state index contributed by atoms with van der Waals surface area (Å²) >= 11 is 0. The second-order valence-corrected chi connectivity index (χ2v) is 1.88. The fourth-order valence-corrected chi connectivity index (χ4v) is 0.509. The lowest BCUT2D eigenvalue weighted by Gasteiger charge is -1.84. The number of halogens is 1. The highest BCUT2D eigenvalue weighted by molar-refractivity contribution is 5.09. The molecule has 1 heteroatoms. The molecule has 0 heterocycles. The fraction of sp³-hybridized carbons (Fsp3) is 0.500. The molecule has 9 heavy (non-hydrogen) atoms. The van der Waals surface area contributed by atoms with Crippen molar-refractivity contribution in [3.05, 3.63) is 24.1 Å². The molecule has 0 radical (unpaired) electrons. The summed E-state index contributed by atoms with van der Waals surface area (Å²) in [6, 6.07) is 0. The van der Waals surface area contributed by atoms with Gasteiger partial charge < -0.3 is 0 Å². The molecule has 0 atom stereocenters. The summed E-state index contributed by atoms with van der Waals surface area (Å²) in [5, 5.41) is 0. The average molecular weight is 128 g/mol. The molecule has 0 saturated carbocycles. The maximum Gasteiger partial charge on any atom is 0.118 e. The number of hydrogen-bond acceptors (Lipinski definition) is 0. The molecular weight excluding hydrogens is 115 g/mol. The van der Waals surface area contributed by atoms with E-state index in [0.29, 0.717) is 0 Å². The first-order valence-corrected chi connectivity index (χ1v) is 3.29. The van der Waals surface area contributed by atoms with Crippen LogP contribution in [-0.2, 0) is 0 Å². The zero-order chi connectivity index (χ0) is 7.11. The van der Waals surface area contributed by atoms with Gasteiger partial charge in [0.2, 0.25) is 0 Å². The summed E-state index contributed by atoms with van der Waals surface area (Å²) in [5.41, 5.74) is 0. The van der Waals surface area contributed by atoms with Gasteiger partial charge in [-0.15, -0.1) is 0 Å². The maximum atomic E-state index is 12.4.